The molecule has 0 saturated heterocycles. The minimum Gasteiger partial charge on any atom is -0.445 e. The van der Waals surface area contributed by atoms with Gasteiger partial charge in [0.2, 0.25) is 0 Å². The monoisotopic (exact) mass is 1010 g/mol. The summed E-state index contributed by atoms with van der Waals surface area (Å²) in [6.07, 6.45) is 4.23. The van der Waals surface area contributed by atoms with Gasteiger partial charge in [-0.1, -0.05) is 148 Å². The van der Waals surface area contributed by atoms with Crippen molar-refractivity contribution >= 4 is 42.7 Å². The van der Waals surface area contributed by atoms with Crippen molar-refractivity contribution in [2.24, 2.45) is 47.2 Å². The van der Waals surface area contributed by atoms with Gasteiger partial charge in [-0.25, -0.2) is 9.86 Å². The van der Waals surface area contributed by atoms with Gasteiger partial charge in [0.05, 0.1) is 50.1 Å². The fourth-order valence-corrected chi connectivity index (χ4v) is 12.0. The van der Waals surface area contributed by atoms with E-state index in [9.17, 15) is 24.6 Å². The maximum atomic E-state index is 14.2. The Morgan fingerprint density at radius 3 is 1.51 bits per heavy atom. The van der Waals surface area contributed by atoms with E-state index in [0.29, 0.717) is 6.54 Å². The molecule has 0 fully saturated rings. The summed E-state index contributed by atoms with van der Waals surface area (Å²) < 4.78 is 26.7. The fraction of sp³-hybridized carbons (Fsp3) is 0.827. The number of aliphatic hydroxyl groups excluding tert-OH is 2. The summed E-state index contributed by atoms with van der Waals surface area (Å²) in [5.74, 6) is -2.68. The Bertz CT molecular complexity index is 1640. The van der Waals surface area contributed by atoms with Gasteiger partial charge in [-0.3, -0.25) is 14.4 Å². The van der Waals surface area contributed by atoms with E-state index in [2.05, 4.69) is 127 Å². The van der Waals surface area contributed by atoms with E-state index in [0.717, 1.165) is 0 Å². The number of hydroxylamine groups is 2. The van der Waals surface area contributed by atoms with Gasteiger partial charge in [-0.05, 0) is 66.2 Å². The molecule has 13 atom stereocenters. The first-order valence-corrected chi connectivity index (χ1v) is 33.7. The Balaban J connectivity index is 6.60. The summed E-state index contributed by atoms with van der Waals surface area (Å²) in [5.41, 5.74) is 5.60. The fourth-order valence-electron chi connectivity index (χ4n) is 7.57. The number of nitrogens with one attached hydrogen (secondary N) is 1. The van der Waals surface area contributed by atoms with E-state index in [-0.39, 0.29) is 69.5 Å². The van der Waals surface area contributed by atoms with E-state index < -0.39 is 79.3 Å². The molecule has 0 spiro atoms. The number of Topliss-reactive ketones (excluding diaryl/α,β-unsaturated/α-hetero) is 1. The summed E-state index contributed by atoms with van der Waals surface area (Å²) in [6, 6.07) is 0. The summed E-state index contributed by atoms with van der Waals surface area (Å²) in [5, 5.41) is 27.4. The largest absolute Gasteiger partial charge is 0.445 e. The maximum absolute atomic E-state index is 14.2. The van der Waals surface area contributed by atoms with Gasteiger partial charge in [0.15, 0.2) is 30.7 Å². The molecular weight excluding hydrogens is 911 g/mol. The highest BCUT2D eigenvalue weighted by molar-refractivity contribution is 6.75. The topological polar surface area (TPSA) is 179 Å². The molecule has 5 N–H and O–H groups in total. The lowest BCUT2D eigenvalue weighted by molar-refractivity contribution is -0.177. The van der Waals surface area contributed by atoms with Crippen molar-refractivity contribution in [2.75, 3.05) is 27.2 Å². The van der Waals surface area contributed by atoms with Crippen molar-refractivity contribution in [1.82, 2.24) is 10.4 Å². The first kappa shape index (κ1) is 66.0. The van der Waals surface area contributed by atoms with Gasteiger partial charge >= 0.3 is 6.09 Å². The number of amides is 2. The molecule has 0 aromatic heterocycles. The number of nitrogens with zero attached hydrogens (tertiary/aromatic N) is 1. The molecule has 2 amide bonds. The number of carbonyl (C=O) groups excluding carboxylic acids is 3. The number of carbonyl (C=O) groups is 3. The number of aliphatic hydroxyl groups is 2. The first-order valence-electron chi connectivity index (χ1n) is 25.0. The summed E-state index contributed by atoms with van der Waals surface area (Å²) in [4.78, 5) is 45.0. The first-order chi connectivity index (χ1) is 30.6. The number of nitrogens with two attached hydrogens (primary N) is 1. The average Bonchev–Trinajstić information content (AvgIpc) is 3.20. The van der Waals surface area contributed by atoms with Crippen molar-refractivity contribution in [3.8, 4) is 0 Å². The molecule has 0 bridgehead atoms. The van der Waals surface area contributed by atoms with Crippen molar-refractivity contribution < 1.29 is 47.4 Å². The molecule has 0 aromatic carbocycles. The van der Waals surface area contributed by atoms with Gasteiger partial charge in [-0.15, -0.1) is 0 Å². The molecule has 0 saturated carbocycles. The quantitative estimate of drug-likeness (QED) is 0.0242. The molecule has 68 heavy (non-hydrogen) atoms. The summed E-state index contributed by atoms with van der Waals surface area (Å²) >= 11 is 0. The molecule has 0 heterocycles. The van der Waals surface area contributed by atoms with Crippen molar-refractivity contribution in [3.05, 3.63) is 37.0 Å². The van der Waals surface area contributed by atoms with Crippen LogP contribution < -0.4 is 11.1 Å². The van der Waals surface area contributed by atoms with Crippen molar-refractivity contribution in [3.63, 3.8) is 0 Å². The van der Waals surface area contributed by atoms with Crippen LogP contribution in [0.2, 0.25) is 54.4 Å². The average molecular weight is 1010 g/mol. The Kier molecular flexibility index (Phi) is 26.4. The third kappa shape index (κ3) is 19.9. The highest BCUT2D eigenvalue weighted by atomic mass is 28.4. The maximum Gasteiger partial charge on any atom is 0.404 e. The van der Waals surface area contributed by atoms with E-state index in [4.69, 9.17) is 28.6 Å². The zero-order valence-corrected chi connectivity index (χ0v) is 50.4. The number of rotatable bonds is 29. The van der Waals surface area contributed by atoms with Gasteiger partial charge in [-0.2, -0.15) is 0 Å². The van der Waals surface area contributed by atoms with Crippen LogP contribution in [-0.4, -0.2) is 122 Å². The number of allylic oxidation sites excluding steroid dienone is 2. The second kappa shape index (κ2) is 27.2. The van der Waals surface area contributed by atoms with Crippen LogP contribution in [0.1, 0.15) is 117 Å². The predicted molar refractivity (Wildman–Crippen MR) is 288 cm³/mol. The number of ketones is 1. The van der Waals surface area contributed by atoms with Crippen LogP contribution in [0.3, 0.4) is 0 Å². The molecule has 0 rings (SSSR count). The number of ether oxygens (including phenoxy) is 1. The van der Waals surface area contributed by atoms with Gasteiger partial charge < -0.3 is 39.3 Å². The molecule has 0 aliphatic heterocycles. The van der Waals surface area contributed by atoms with E-state index in [1.54, 1.807) is 26.1 Å². The standard InChI is InChI=1S/C52H103N3O10Si3/c1-26-27-28-34(2)45(62-49(53)60)39(7)46(64-67(22,23)51(12,13)14)38(6)43(58)33-54-32-36(4)44(63-66(20,21)50(9,10)11)35(3)29-30-41(56)31-42(57)37(5)47(40(8)48(59)55(18)61-19)65-68(24,25)52(15,16)17/h26-30,34-42,44-47,54,56-57H,1,31-33H2,2-25H3,(H2,53,60)/t34-,35-,36-,37-,38-,39+,40+,41+,42-,44-,45-,46+,47-/m0/s1. The Hall–Kier alpha value is -2.00. The minimum absolute atomic E-state index is 0.0213. The van der Waals surface area contributed by atoms with E-state index >= 15 is 0 Å². The Morgan fingerprint density at radius 1 is 0.676 bits per heavy atom. The second-order valence-electron chi connectivity index (χ2n) is 24.4. The van der Waals surface area contributed by atoms with Crippen molar-refractivity contribution in [1.29, 1.82) is 0 Å². The minimum atomic E-state index is -2.42. The van der Waals surface area contributed by atoms with Crippen molar-refractivity contribution in [2.45, 2.75) is 208 Å². The third-order valence-corrected chi connectivity index (χ3v) is 29.0. The van der Waals surface area contributed by atoms with E-state index in [1.165, 1.54) is 12.2 Å². The zero-order valence-electron chi connectivity index (χ0n) is 47.4. The predicted octanol–water partition coefficient (Wildman–Crippen LogP) is 10.7. The molecular formula is C52H103N3O10Si3. The van der Waals surface area contributed by atoms with Crippen LogP contribution in [0.15, 0.2) is 37.0 Å². The number of hydrogen-bond donors (Lipinski definition) is 4. The molecule has 0 unspecified atom stereocenters. The number of primary amides is 1. The number of hydrogen-bond acceptors (Lipinski definition) is 11. The Morgan fingerprint density at radius 2 is 1.10 bits per heavy atom. The highest BCUT2D eigenvalue weighted by Crippen LogP contribution is 2.43. The van der Waals surface area contributed by atoms with Crippen LogP contribution in [0, 0.1) is 41.4 Å². The van der Waals surface area contributed by atoms with Crippen LogP contribution in [0.5, 0.6) is 0 Å². The SMILES string of the molecule is C=CC=C[C@H](C)[C@H](OC(N)=O)[C@@H](C)[C@H](O[Si](C)(C)C(C)(C)C)[C@@H](C)C(=O)CNC[C@H](C)[C@@H](O[Si](C)(C)C(C)(C)C)[C@@H](C)C=C[C@@H](O)C[C@H](O)[C@H](C)[C@H](O[Si](C)(C)C(C)(C)C)[C@@H](C)C(=O)N(C)OC. The molecule has 16 heteroatoms. The molecule has 0 aliphatic rings. The van der Waals surface area contributed by atoms with Gasteiger partial charge in [0, 0.05) is 43.7 Å². The molecule has 0 aliphatic carbocycles. The molecule has 398 valence electrons. The molecule has 13 nitrogen and oxygen atoms in total. The molecule has 0 aromatic rings. The normalized spacial score (nSPS) is 19.5. The highest BCUT2D eigenvalue weighted by Gasteiger charge is 2.47. The van der Waals surface area contributed by atoms with Gasteiger partial charge in [0.25, 0.3) is 5.91 Å². The smallest absolute Gasteiger partial charge is 0.404 e. The molecule has 0 radical (unpaired) electrons. The summed E-state index contributed by atoms with van der Waals surface area (Å²) in [6.45, 7) is 50.5. The lowest BCUT2D eigenvalue weighted by Crippen LogP contribution is -2.52. The van der Waals surface area contributed by atoms with E-state index in [1.807, 2.05) is 45.9 Å². The van der Waals surface area contributed by atoms with Crippen LogP contribution in [0.25, 0.3) is 0 Å². The van der Waals surface area contributed by atoms with Crippen LogP contribution in [0.4, 0.5) is 4.79 Å². The Labute approximate surface area is 418 Å². The van der Waals surface area contributed by atoms with Crippen LogP contribution in [-0.2, 0) is 32.4 Å². The summed E-state index contributed by atoms with van der Waals surface area (Å²) in [7, 11) is -4.10. The van der Waals surface area contributed by atoms with Gasteiger partial charge in [0.1, 0.15) is 6.10 Å². The third-order valence-electron chi connectivity index (χ3n) is 15.6. The lowest BCUT2D eigenvalue weighted by Gasteiger charge is -2.44. The second-order valence-corrected chi connectivity index (χ2v) is 38.7. The zero-order chi connectivity index (χ0) is 53.7. The van der Waals surface area contributed by atoms with Crippen LogP contribution >= 0.6 is 0 Å². The lowest BCUT2D eigenvalue weighted by atomic mass is 9.82.